The number of sulfone groups is 1. The first kappa shape index (κ1) is 12.2. The lowest BCUT2D eigenvalue weighted by Gasteiger charge is -2.03. The average Bonchev–Trinajstić information content (AvgIpc) is 2.15. The molecule has 1 aromatic rings. The molecule has 0 heterocycles. The van der Waals surface area contributed by atoms with Crippen LogP contribution in [0.3, 0.4) is 0 Å². The van der Waals surface area contributed by atoms with Gasteiger partial charge < -0.3 is 0 Å². The molecule has 15 heavy (non-hydrogen) atoms. The molecule has 0 amide bonds. The Hall–Kier alpha value is -0.870. The molecule has 82 valence electrons. The number of hydrogen-bond donors (Lipinski definition) is 0. The molecule has 0 atom stereocenters. The number of carbonyl (C=O) groups is 1. The molecule has 0 bridgehead atoms. The minimum absolute atomic E-state index is 0.155. The van der Waals surface area contributed by atoms with E-state index in [2.05, 4.69) is 0 Å². The molecule has 0 aliphatic rings. The molecule has 0 fully saturated rings. The first-order valence-corrected chi connectivity index (χ1v) is 6.42. The van der Waals surface area contributed by atoms with Gasteiger partial charge in [0.05, 0.1) is 10.6 Å². The topological polar surface area (TPSA) is 51.2 Å². The Bertz CT molecular complexity index is 465. The van der Waals surface area contributed by atoms with E-state index in [0.29, 0.717) is 0 Å². The van der Waals surface area contributed by atoms with Crippen LogP contribution in [0.4, 0.5) is 0 Å². The molecule has 1 rings (SSSR count). The molecule has 0 radical (unpaired) electrons. The maximum atomic E-state index is 11.7. The molecule has 5 heteroatoms. The molecule has 3 nitrogen and oxygen atoms in total. The van der Waals surface area contributed by atoms with Crippen molar-refractivity contribution in [1.82, 2.24) is 0 Å². The van der Waals surface area contributed by atoms with Gasteiger partial charge in [-0.3, -0.25) is 4.79 Å². The summed E-state index contributed by atoms with van der Waals surface area (Å²) < 4.78 is 23.4. The van der Waals surface area contributed by atoms with E-state index in [9.17, 15) is 13.2 Å². The van der Waals surface area contributed by atoms with Crippen molar-refractivity contribution < 1.29 is 13.2 Å². The molecule has 1 aromatic carbocycles. The fourth-order valence-electron chi connectivity index (χ4n) is 1.14. The highest BCUT2D eigenvalue weighted by atomic mass is 35.5. The maximum absolute atomic E-state index is 11.7. The first-order valence-electron chi connectivity index (χ1n) is 4.39. The molecule has 0 saturated heterocycles. The number of carbonyl (C=O) groups excluding carboxylic acids is 1. The first-order chi connectivity index (χ1) is 6.92. The van der Waals surface area contributed by atoms with E-state index in [0.717, 1.165) is 5.56 Å². The van der Waals surface area contributed by atoms with Crippen LogP contribution in [0.1, 0.15) is 12.0 Å². The predicted molar refractivity (Wildman–Crippen MR) is 58.7 cm³/mol. The normalized spacial score (nSPS) is 11.3. The van der Waals surface area contributed by atoms with Gasteiger partial charge in [0.1, 0.15) is 0 Å². The van der Waals surface area contributed by atoms with Crippen LogP contribution < -0.4 is 0 Å². The lowest BCUT2D eigenvalue weighted by molar-refractivity contribution is -0.111. The van der Waals surface area contributed by atoms with E-state index in [1.54, 1.807) is 12.1 Å². The lowest BCUT2D eigenvalue weighted by Crippen LogP contribution is -2.09. The van der Waals surface area contributed by atoms with Crippen LogP contribution in [0.2, 0.25) is 0 Å². The van der Waals surface area contributed by atoms with Crippen LogP contribution in [0.5, 0.6) is 0 Å². The Morgan fingerprint density at radius 3 is 2.60 bits per heavy atom. The molecule has 0 spiro atoms. The van der Waals surface area contributed by atoms with Crippen LogP contribution in [0.15, 0.2) is 29.2 Å². The summed E-state index contributed by atoms with van der Waals surface area (Å²) in [5.74, 6) is -0.237. The number of halogens is 1. The van der Waals surface area contributed by atoms with Crippen LogP contribution in [-0.2, 0) is 14.6 Å². The molecule has 0 aliphatic carbocycles. The Kier molecular flexibility index (Phi) is 3.88. The number of benzene rings is 1. The lowest BCUT2D eigenvalue weighted by atomic mass is 10.2. The molecule has 0 N–H and O–H groups in total. The fraction of sp³-hybridized carbons (Fsp3) is 0.300. The zero-order valence-corrected chi connectivity index (χ0v) is 9.81. The number of aryl methyl sites for hydroxylation is 1. The van der Waals surface area contributed by atoms with Crippen molar-refractivity contribution in [2.45, 2.75) is 18.2 Å². The minimum Gasteiger partial charge on any atom is -0.281 e. The smallest absolute Gasteiger partial charge is 0.222 e. The summed E-state index contributed by atoms with van der Waals surface area (Å²) in [6.45, 7) is 1.81. The van der Waals surface area contributed by atoms with Gasteiger partial charge in [-0.1, -0.05) is 12.1 Å². The highest BCUT2D eigenvalue weighted by Crippen LogP contribution is 2.13. The Morgan fingerprint density at radius 1 is 1.40 bits per heavy atom. The van der Waals surface area contributed by atoms with Gasteiger partial charge in [0, 0.05) is 6.42 Å². The molecule has 0 saturated carbocycles. The Balaban J connectivity index is 2.91. The minimum atomic E-state index is -3.38. The number of hydrogen-bond acceptors (Lipinski definition) is 3. The monoisotopic (exact) mass is 246 g/mol. The van der Waals surface area contributed by atoms with E-state index in [-0.39, 0.29) is 17.1 Å². The second-order valence-corrected chi connectivity index (χ2v) is 5.77. The van der Waals surface area contributed by atoms with Crippen LogP contribution in [0, 0.1) is 6.92 Å². The van der Waals surface area contributed by atoms with Gasteiger partial charge >= 0.3 is 0 Å². The summed E-state index contributed by atoms with van der Waals surface area (Å²) in [6.07, 6.45) is -0.155. The maximum Gasteiger partial charge on any atom is 0.222 e. The highest BCUT2D eigenvalue weighted by Gasteiger charge is 2.15. The zero-order chi connectivity index (χ0) is 11.5. The molecular weight excluding hydrogens is 236 g/mol. The Labute approximate surface area is 94.0 Å². The van der Waals surface area contributed by atoms with Crippen molar-refractivity contribution in [1.29, 1.82) is 0 Å². The van der Waals surface area contributed by atoms with Gasteiger partial charge in [0.15, 0.2) is 9.84 Å². The third-order valence-corrected chi connectivity index (χ3v) is 3.82. The molecular formula is C10H11ClO3S. The molecule has 0 aliphatic heterocycles. The van der Waals surface area contributed by atoms with Crippen LogP contribution in [0.25, 0.3) is 0 Å². The Morgan fingerprint density at radius 2 is 2.07 bits per heavy atom. The van der Waals surface area contributed by atoms with Crippen molar-refractivity contribution in [2.75, 3.05) is 5.75 Å². The predicted octanol–water partition coefficient (Wildman–Crippen LogP) is 1.92. The van der Waals surface area contributed by atoms with Gasteiger partial charge in [0.25, 0.3) is 0 Å². The number of rotatable bonds is 4. The summed E-state index contributed by atoms with van der Waals surface area (Å²) in [6, 6.07) is 6.57. The van der Waals surface area contributed by atoms with Gasteiger partial charge in [-0.25, -0.2) is 8.42 Å². The van der Waals surface area contributed by atoms with Crippen molar-refractivity contribution in [3.63, 3.8) is 0 Å². The van der Waals surface area contributed by atoms with Crippen LogP contribution >= 0.6 is 11.6 Å². The van der Waals surface area contributed by atoms with Crippen molar-refractivity contribution in [2.24, 2.45) is 0 Å². The zero-order valence-electron chi connectivity index (χ0n) is 8.23. The average molecular weight is 247 g/mol. The van der Waals surface area contributed by atoms with Gasteiger partial charge in [-0.2, -0.15) is 0 Å². The summed E-state index contributed by atoms with van der Waals surface area (Å²) in [5, 5.41) is -0.633. The van der Waals surface area contributed by atoms with E-state index in [4.69, 9.17) is 11.6 Å². The highest BCUT2D eigenvalue weighted by molar-refractivity contribution is 7.91. The standard InChI is InChI=1S/C10H11ClO3S/c1-8-3-2-4-9(7-8)15(13,14)6-5-10(11)12/h2-4,7H,5-6H2,1H3. The van der Waals surface area contributed by atoms with E-state index in [1.165, 1.54) is 6.07 Å². The van der Waals surface area contributed by atoms with Crippen molar-refractivity contribution >= 4 is 26.7 Å². The fourth-order valence-corrected chi connectivity index (χ4v) is 2.69. The second kappa shape index (κ2) is 4.77. The van der Waals surface area contributed by atoms with Gasteiger partial charge in [0.2, 0.25) is 5.24 Å². The second-order valence-electron chi connectivity index (χ2n) is 3.24. The summed E-state index contributed by atoms with van der Waals surface area (Å²) in [4.78, 5) is 10.7. The summed E-state index contributed by atoms with van der Waals surface area (Å²) in [7, 11) is -3.38. The van der Waals surface area contributed by atoms with Crippen LogP contribution in [-0.4, -0.2) is 19.4 Å². The third-order valence-electron chi connectivity index (χ3n) is 1.92. The van der Waals surface area contributed by atoms with E-state index in [1.807, 2.05) is 13.0 Å². The largest absolute Gasteiger partial charge is 0.281 e. The van der Waals surface area contributed by atoms with E-state index < -0.39 is 15.1 Å². The van der Waals surface area contributed by atoms with Gasteiger partial charge in [-0.15, -0.1) is 0 Å². The third kappa shape index (κ3) is 3.64. The molecule has 0 aromatic heterocycles. The quantitative estimate of drug-likeness (QED) is 0.763. The molecule has 0 unspecified atom stereocenters. The van der Waals surface area contributed by atoms with E-state index >= 15 is 0 Å². The van der Waals surface area contributed by atoms with Crippen molar-refractivity contribution in [3.05, 3.63) is 29.8 Å². The van der Waals surface area contributed by atoms with Gasteiger partial charge in [-0.05, 0) is 36.2 Å². The summed E-state index contributed by atoms with van der Waals surface area (Å²) in [5.41, 5.74) is 0.869. The van der Waals surface area contributed by atoms with Crippen molar-refractivity contribution in [3.8, 4) is 0 Å². The SMILES string of the molecule is Cc1cccc(S(=O)(=O)CCC(=O)Cl)c1. The summed E-state index contributed by atoms with van der Waals surface area (Å²) >= 11 is 5.10.